The van der Waals surface area contributed by atoms with E-state index in [9.17, 15) is 9.59 Å². The molecule has 2 aromatic rings. The van der Waals surface area contributed by atoms with Gasteiger partial charge in [-0.1, -0.05) is 30.4 Å². The lowest BCUT2D eigenvalue weighted by Crippen LogP contribution is -2.25. The van der Waals surface area contributed by atoms with E-state index in [-0.39, 0.29) is 17.3 Å². The van der Waals surface area contributed by atoms with Gasteiger partial charge in [0.2, 0.25) is 5.91 Å². The van der Waals surface area contributed by atoms with Crippen molar-refractivity contribution >= 4 is 22.9 Å². The molecule has 1 amide bonds. The van der Waals surface area contributed by atoms with E-state index in [1.165, 1.54) is 10.1 Å². The summed E-state index contributed by atoms with van der Waals surface area (Å²) in [4.78, 5) is 23.3. The van der Waals surface area contributed by atoms with Gasteiger partial charge in [-0.25, -0.2) is 0 Å². The van der Waals surface area contributed by atoms with Gasteiger partial charge in [-0.2, -0.15) is 0 Å². The average Bonchev–Trinajstić information content (AvgIpc) is 2.71. The van der Waals surface area contributed by atoms with Crippen molar-refractivity contribution < 1.29 is 4.79 Å². The highest BCUT2D eigenvalue weighted by Crippen LogP contribution is 2.11. The number of nitrogens with one attached hydrogen (secondary N) is 1. The summed E-state index contributed by atoms with van der Waals surface area (Å²) >= 11 is 1.11. The first-order chi connectivity index (χ1) is 9.10. The number of nitrogens with zero attached hydrogens (tertiary/aromatic N) is 1. The molecule has 1 aromatic carbocycles. The second-order valence-corrected chi connectivity index (χ2v) is 5.15. The van der Waals surface area contributed by atoms with Crippen molar-refractivity contribution in [3.8, 4) is 0 Å². The van der Waals surface area contributed by atoms with Crippen LogP contribution in [0.5, 0.6) is 0 Å². The highest BCUT2D eigenvalue weighted by Gasteiger charge is 2.08. The van der Waals surface area contributed by atoms with E-state index in [0.717, 1.165) is 29.1 Å². The van der Waals surface area contributed by atoms with E-state index in [2.05, 4.69) is 12.2 Å². The smallest absolute Gasteiger partial charge is 0.307 e. The molecule has 0 spiro atoms. The van der Waals surface area contributed by atoms with Gasteiger partial charge < -0.3 is 5.32 Å². The summed E-state index contributed by atoms with van der Waals surface area (Å²) in [6.45, 7) is 3.95. The number of hydrogen-bond acceptors (Lipinski definition) is 3. The fraction of sp³-hybridized carbons (Fsp3) is 0.286. The summed E-state index contributed by atoms with van der Waals surface area (Å²) in [5.74, 6) is -0.183. The van der Waals surface area contributed by atoms with Crippen LogP contribution in [0, 0.1) is 6.92 Å². The molecule has 4 nitrogen and oxygen atoms in total. The van der Waals surface area contributed by atoms with Crippen molar-refractivity contribution in [1.82, 2.24) is 4.57 Å². The monoisotopic (exact) mass is 276 g/mol. The van der Waals surface area contributed by atoms with Gasteiger partial charge in [0.05, 0.1) is 0 Å². The van der Waals surface area contributed by atoms with Gasteiger partial charge >= 0.3 is 4.87 Å². The number of carbonyl (C=O) groups is 1. The molecule has 0 aliphatic rings. The molecule has 0 bridgehead atoms. The van der Waals surface area contributed by atoms with E-state index < -0.39 is 0 Å². The summed E-state index contributed by atoms with van der Waals surface area (Å²) in [5, 5.41) is 4.57. The first kappa shape index (κ1) is 13.5. The van der Waals surface area contributed by atoms with Crippen molar-refractivity contribution in [2.45, 2.75) is 26.8 Å². The molecule has 2 rings (SSSR count). The van der Waals surface area contributed by atoms with E-state index in [1.807, 2.05) is 31.2 Å². The van der Waals surface area contributed by atoms with Crippen LogP contribution < -0.4 is 10.2 Å². The molecule has 0 saturated heterocycles. The quantitative estimate of drug-likeness (QED) is 0.932. The minimum absolute atomic E-state index is 0.0600. The number of rotatable bonds is 4. The largest absolute Gasteiger partial charge is 0.325 e. The number of amides is 1. The number of carbonyl (C=O) groups excluding carboxylic acids is 1. The van der Waals surface area contributed by atoms with Crippen LogP contribution in [0.4, 0.5) is 5.69 Å². The highest BCUT2D eigenvalue weighted by atomic mass is 32.1. The Bertz CT molecular complexity index is 643. The van der Waals surface area contributed by atoms with Crippen LogP contribution >= 0.6 is 11.3 Å². The summed E-state index contributed by atoms with van der Waals surface area (Å²) in [6.07, 6.45) is 0.923. The predicted molar refractivity (Wildman–Crippen MR) is 77.8 cm³/mol. The van der Waals surface area contributed by atoms with E-state index >= 15 is 0 Å². The molecule has 0 unspecified atom stereocenters. The fourth-order valence-corrected chi connectivity index (χ4v) is 2.54. The Morgan fingerprint density at radius 3 is 2.84 bits per heavy atom. The number of aryl methyl sites for hydroxylation is 2. The summed E-state index contributed by atoms with van der Waals surface area (Å²) in [6, 6.07) is 7.72. The predicted octanol–water partition coefficient (Wildman–Crippen LogP) is 2.42. The standard InChI is InChI=1S/C14H16N2O2S/c1-3-11-5-4-6-12(7-11)15-13(17)8-16-10(2)9-19-14(16)18/h4-7,9H,3,8H2,1-2H3,(H,15,17). The van der Waals surface area contributed by atoms with Crippen LogP contribution in [-0.4, -0.2) is 10.5 Å². The maximum Gasteiger partial charge on any atom is 0.307 e. The molecule has 1 N–H and O–H groups in total. The van der Waals surface area contributed by atoms with Gasteiger partial charge in [-0.3, -0.25) is 14.2 Å². The second kappa shape index (κ2) is 5.84. The summed E-state index contributed by atoms with van der Waals surface area (Å²) in [7, 11) is 0. The number of anilines is 1. The first-order valence-corrected chi connectivity index (χ1v) is 7.02. The van der Waals surface area contributed by atoms with Crippen LogP contribution in [-0.2, 0) is 17.8 Å². The Labute approximate surface area is 115 Å². The molecule has 19 heavy (non-hydrogen) atoms. The minimum Gasteiger partial charge on any atom is -0.325 e. The lowest BCUT2D eigenvalue weighted by atomic mass is 10.1. The molecule has 0 aliphatic heterocycles. The lowest BCUT2D eigenvalue weighted by molar-refractivity contribution is -0.116. The normalized spacial score (nSPS) is 10.4. The summed E-state index contributed by atoms with van der Waals surface area (Å²) < 4.78 is 1.48. The maximum absolute atomic E-state index is 11.9. The third kappa shape index (κ3) is 3.32. The number of thiazole rings is 1. The molecular weight excluding hydrogens is 260 g/mol. The Balaban J connectivity index is 2.07. The first-order valence-electron chi connectivity index (χ1n) is 6.14. The average molecular weight is 276 g/mol. The van der Waals surface area contributed by atoms with Crippen LogP contribution in [0.25, 0.3) is 0 Å². The Morgan fingerprint density at radius 1 is 1.42 bits per heavy atom. The summed E-state index contributed by atoms with van der Waals surface area (Å²) in [5.41, 5.74) is 2.75. The van der Waals surface area contributed by atoms with E-state index in [1.54, 1.807) is 5.38 Å². The van der Waals surface area contributed by atoms with Crippen LogP contribution in [0.3, 0.4) is 0 Å². The molecule has 1 aromatic heterocycles. The van der Waals surface area contributed by atoms with Crippen molar-refractivity contribution in [1.29, 1.82) is 0 Å². The number of aromatic nitrogens is 1. The lowest BCUT2D eigenvalue weighted by Gasteiger charge is -2.08. The van der Waals surface area contributed by atoms with E-state index in [0.29, 0.717) is 0 Å². The van der Waals surface area contributed by atoms with Crippen molar-refractivity contribution in [3.05, 3.63) is 50.6 Å². The van der Waals surface area contributed by atoms with Gasteiger partial charge in [-0.15, -0.1) is 0 Å². The molecule has 0 saturated carbocycles. The molecule has 0 fully saturated rings. The zero-order valence-electron chi connectivity index (χ0n) is 11.0. The Kier molecular flexibility index (Phi) is 4.16. The number of benzene rings is 1. The number of hydrogen-bond donors (Lipinski definition) is 1. The third-order valence-electron chi connectivity index (χ3n) is 2.90. The molecule has 100 valence electrons. The Hall–Kier alpha value is -1.88. The maximum atomic E-state index is 11.9. The highest BCUT2D eigenvalue weighted by molar-refractivity contribution is 7.07. The van der Waals surface area contributed by atoms with Gasteiger partial charge in [0.15, 0.2) is 0 Å². The SMILES string of the molecule is CCc1cccc(NC(=O)Cn2c(C)csc2=O)c1. The van der Waals surface area contributed by atoms with E-state index in [4.69, 9.17) is 0 Å². The zero-order chi connectivity index (χ0) is 13.8. The molecule has 0 aliphatic carbocycles. The van der Waals surface area contributed by atoms with Gasteiger partial charge in [0, 0.05) is 16.8 Å². The molecular formula is C14H16N2O2S. The van der Waals surface area contributed by atoms with Crippen LogP contribution in [0.1, 0.15) is 18.2 Å². The van der Waals surface area contributed by atoms with Crippen LogP contribution in [0.2, 0.25) is 0 Å². The second-order valence-electron chi connectivity index (χ2n) is 4.33. The minimum atomic E-state index is -0.183. The Morgan fingerprint density at radius 2 is 2.21 bits per heavy atom. The molecule has 1 heterocycles. The zero-order valence-corrected chi connectivity index (χ0v) is 11.8. The van der Waals surface area contributed by atoms with Gasteiger partial charge in [0.1, 0.15) is 6.54 Å². The topological polar surface area (TPSA) is 51.1 Å². The molecule has 5 heteroatoms. The molecule has 0 radical (unpaired) electrons. The van der Waals surface area contributed by atoms with Gasteiger partial charge in [0.25, 0.3) is 0 Å². The third-order valence-corrected chi connectivity index (χ3v) is 3.78. The van der Waals surface area contributed by atoms with Crippen LogP contribution in [0.15, 0.2) is 34.4 Å². The van der Waals surface area contributed by atoms with Crippen molar-refractivity contribution in [2.75, 3.05) is 5.32 Å². The van der Waals surface area contributed by atoms with Gasteiger partial charge in [-0.05, 0) is 31.0 Å². The fourth-order valence-electron chi connectivity index (χ4n) is 1.81. The van der Waals surface area contributed by atoms with Crippen molar-refractivity contribution in [3.63, 3.8) is 0 Å². The van der Waals surface area contributed by atoms with Crippen molar-refractivity contribution in [2.24, 2.45) is 0 Å². The molecule has 0 atom stereocenters.